The lowest BCUT2D eigenvalue weighted by atomic mass is 10.1. The average Bonchev–Trinajstić information content (AvgIpc) is 3.21. The van der Waals surface area contributed by atoms with E-state index < -0.39 is 0 Å². The third-order valence-electron chi connectivity index (χ3n) is 4.44. The molecule has 0 aliphatic heterocycles. The van der Waals surface area contributed by atoms with E-state index in [4.69, 9.17) is 0 Å². The zero-order chi connectivity index (χ0) is 20.6. The van der Waals surface area contributed by atoms with Crippen LogP contribution >= 0.6 is 11.8 Å². The molecule has 3 aromatic rings. The fourth-order valence-corrected chi connectivity index (χ4v) is 3.71. The predicted molar refractivity (Wildman–Crippen MR) is 116 cm³/mol. The molecule has 1 heterocycles. The van der Waals surface area contributed by atoms with Crippen LogP contribution in [-0.4, -0.2) is 27.1 Å². The molecule has 0 aliphatic carbocycles. The molecule has 0 saturated heterocycles. The van der Waals surface area contributed by atoms with Crippen molar-refractivity contribution in [2.24, 2.45) is 0 Å². The molecule has 2 amide bonds. The Labute approximate surface area is 174 Å². The minimum absolute atomic E-state index is 0.143. The summed E-state index contributed by atoms with van der Waals surface area (Å²) in [5.41, 5.74) is 1.95. The molecule has 29 heavy (non-hydrogen) atoms. The molecule has 0 saturated carbocycles. The Kier molecular flexibility index (Phi) is 7.08. The van der Waals surface area contributed by atoms with Gasteiger partial charge in [-0.15, -0.1) is 0 Å². The van der Waals surface area contributed by atoms with Crippen molar-refractivity contribution in [1.82, 2.24) is 14.9 Å². The van der Waals surface area contributed by atoms with Crippen molar-refractivity contribution in [3.63, 3.8) is 0 Å². The van der Waals surface area contributed by atoms with E-state index in [-0.39, 0.29) is 23.6 Å². The van der Waals surface area contributed by atoms with E-state index in [1.54, 1.807) is 30.5 Å². The SMILES string of the molecule is CCn1ccnc1SCC(=O)Nc1ccccc1C(=O)NC(C)c1ccccc1. The van der Waals surface area contributed by atoms with E-state index >= 15 is 0 Å². The van der Waals surface area contributed by atoms with Gasteiger partial charge >= 0.3 is 0 Å². The number of anilines is 1. The monoisotopic (exact) mass is 408 g/mol. The van der Waals surface area contributed by atoms with E-state index in [9.17, 15) is 9.59 Å². The maximum absolute atomic E-state index is 12.8. The summed E-state index contributed by atoms with van der Waals surface area (Å²) < 4.78 is 1.98. The number of nitrogens with zero attached hydrogens (tertiary/aromatic N) is 2. The molecule has 2 aromatic carbocycles. The van der Waals surface area contributed by atoms with Crippen LogP contribution in [0, 0.1) is 0 Å². The van der Waals surface area contributed by atoms with Gasteiger partial charge in [-0.25, -0.2) is 4.98 Å². The van der Waals surface area contributed by atoms with Crippen molar-refractivity contribution < 1.29 is 9.59 Å². The summed E-state index contributed by atoms with van der Waals surface area (Å²) in [5.74, 6) is -0.198. The molecule has 150 valence electrons. The lowest BCUT2D eigenvalue weighted by Gasteiger charge is -2.16. The first-order valence-electron chi connectivity index (χ1n) is 9.47. The van der Waals surface area contributed by atoms with Gasteiger partial charge in [-0.2, -0.15) is 0 Å². The molecular formula is C22H24N4O2S. The molecule has 6 nitrogen and oxygen atoms in total. The number of aromatic nitrogens is 2. The summed E-state index contributed by atoms with van der Waals surface area (Å²) in [6.07, 6.45) is 3.60. The van der Waals surface area contributed by atoms with Crippen molar-refractivity contribution in [2.45, 2.75) is 31.6 Å². The maximum atomic E-state index is 12.8. The molecule has 1 unspecified atom stereocenters. The summed E-state index contributed by atoms with van der Waals surface area (Å²) >= 11 is 1.37. The highest BCUT2D eigenvalue weighted by atomic mass is 32.2. The summed E-state index contributed by atoms with van der Waals surface area (Å²) in [5, 5.41) is 6.63. The van der Waals surface area contributed by atoms with Gasteiger partial charge in [-0.1, -0.05) is 54.2 Å². The number of imidazole rings is 1. The third-order valence-corrected chi connectivity index (χ3v) is 5.45. The van der Waals surface area contributed by atoms with Gasteiger partial charge in [0.2, 0.25) is 5.91 Å². The predicted octanol–water partition coefficient (Wildman–Crippen LogP) is 4.12. The minimum atomic E-state index is -0.230. The zero-order valence-corrected chi connectivity index (χ0v) is 17.3. The van der Waals surface area contributed by atoms with Crippen LogP contribution in [0.4, 0.5) is 5.69 Å². The van der Waals surface area contributed by atoms with Crippen molar-refractivity contribution in [3.05, 3.63) is 78.1 Å². The Morgan fingerprint density at radius 1 is 1.10 bits per heavy atom. The van der Waals surface area contributed by atoms with Crippen LogP contribution in [0.3, 0.4) is 0 Å². The van der Waals surface area contributed by atoms with Gasteiger partial charge in [0.1, 0.15) is 0 Å². The molecule has 2 N–H and O–H groups in total. The first-order valence-corrected chi connectivity index (χ1v) is 10.5. The van der Waals surface area contributed by atoms with Gasteiger partial charge < -0.3 is 15.2 Å². The largest absolute Gasteiger partial charge is 0.345 e. The standard InChI is InChI=1S/C22H24N4O2S/c1-3-26-14-13-23-22(26)29-15-20(27)25-19-12-8-7-11-18(19)21(28)24-16(2)17-9-5-4-6-10-17/h4-14,16H,3,15H2,1-2H3,(H,24,28)(H,25,27). The Balaban J connectivity index is 1.63. The second-order valence-electron chi connectivity index (χ2n) is 6.48. The quantitative estimate of drug-likeness (QED) is 0.550. The molecule has 7 heteroatoms. The summed E-state index contributed by atoms with van der Waals surface area (Å²) in [4.78, 5) is 29.5. The first kappa shape index (κ1) is 20.7. The molecule has 0 fully saturated rings. The number of carbonyl (C=O) groups is 2. The van der Waals surface area contributed by atoms with E-state index in [1.807, 2.05) is 54.9 Å². The first-order chi connectivity index (χ1) is 14.1. The number of hydrogen-bond acceptors (Lipinski definition) is 4. The molecule has 0 spiro atoms. The van der Waals surface area contributed by atoms with Crippen LogP contribution in [0.2, 0.25) is 0 Å². The molecule has 0 bridgehead atoms. The van der Waals surface area contributed by atoms with Crippen molar-refractivity contribution in [2.75, 3.05) is 11.1 Å². The number of thioether (sulfide) groups is 1. The molecular weight excluding hydrogens is 384 g/mol. The van der Waals surface area contributed by atoms with Crippen LogP contribution < -0.4 is 10.6 Å². The Bertz CT molecular complexity index is 972. The Morgan fingerprint density at radius 3 is 2.59 bits per heavy atom. The van der Waals surface area contributed by atoms with E-state index in [2.05, 4.69) is 15.6 Å². The Hall–Kier alpha value is -3.06. The topological polar surface area (TPSA) is 76.0 Å². The van der Waals surface area contributed by atoms with Crippen LogP contribution in [-0.2, 0) is 11.3 Å². The van der Waals surface area contributed by atoms with E-state index in [1.165, 1.54) is 11.8 Å². The second-order valence-corrected chi connectivity index (χ2v) is 7.43. The lowest BCUT2D eigenvalue weighted by Crippen LogP contribution is -2.28. The van der Waals surface area contributed by atoms with Crippen LogP contribution in [0.25, 0.3) is 0 Å². The summed E-state index contributed by atoms with van der Waals surface area (Å²) in [6.45, 7) is 4.75. The van der Waals surface area contributed by atoms with Crippen molar-refractivity contribution in [1.29, 1.82) is 0 Å². The van der Waals surface area contributed by atoms with Gasteiger partial charge in [-0.3, -0.25) is 9.59 Å². The number of carbonyl (C=O) groups excluding carboxylic acids is 2. The van der Waals surface area contributed by atoms with E-state index in [0.717, 1.165) is 17.3 Å². The van der Waals surface area contributed by atoms with Crippen molar-refractivity contribution >= 4 is 29.3 Å². The number of benzene rings is 2. The van der Waals surface area contributed by atoms with E-state index in [0.29, 0.717) is 11.3 Å². The summed E-state index contributed by atoms with van der Waals surface area (Å²) in [7, 11) is 0. The number of amides is 2. The van der Waals surface area contributed by atoms with Crippen molar-refractivity contribution in [3.8, 4) is 0 Å². The smallest absolute Gasteiger partial charge is 0.253 e. The van der Waals surface area contributed by atoms with Gasteiger partial charge in [0.25, 0.3) is 5.91 Å². The number of aryl methyl sites for hydroxylation is 1. The molecule has 0 aliphatic rings. The van der Waals surface area contributed by atoms with Gasteiger partial charge in [0, 0.05) is 18.9 Å². The normalized spacial score (nSPS) is 11.7. The highest BCUT2D eigenvalue weighted by Crippen LogP contribution is 2.20. The van der Waals surface area contributed by atoms with Crippen LogP contribution in [0.5, 0.6) is 0 Å². The zero-order valence-electron chi connectivity index (χ0n) is 16.5. The van der Waals surface area contributed by atoms with Crippen LogP contribution in [0.15, 0.2) is 72.1 Å². The van der Waals surface area contributed by atoms with Crippen LogP contribution in [0.1, 0.15) is 35.8 Å². The van der Waals surface area contributed by atoms with Gasteiger partial charge in [0.15, 0.2) is 5.16 Å². The number of hydrogen-bond donors (Lipinski definition) is 2. The molecule has 0 radical (unpaired) electrons. The number of para-hydroxylation sites is 1. The van der Waals surface area contributed by atoms with Gasteiger partial charge in [0.05, 0.1) is 23.0 Å². The molecule has 1 atom stereocenters. The minimum Gasteiger partial charge on any atom is -0.345 e. The summed E-state index contributed by atoms with van der Waals surface area (Å²) in [6, 6.07) is 16.6. The molecule has 1 aromatic heterocycles. The fourth-order valence-electron chi connectivity index (χ4n) is 2.88. The second kappa shape index (κ2) is 9.93. The highest BCUT2D eigenvalue weighted by Gasteiger charge is 2.16. The number of rotatable bonds is 8. The lowest BCUT2D eigenvalue weighted by molar-refractivity contribution is -0.113. The molecule has 3 rings (SSSR count). The maximum Gasteiger partial charge on any atom is 0.253 e. The Morgan fingerprint density at radius 2 is 1.83 bits per heavy atom. The highest BCUT2D eigenvalue weighted by molar-refractivity contribution is 7.99. The fraction of sp³-hybridized carbons (Fsp3) is 0.227. The number of nitrogens with one attached hydrogen (secondary N) is 2. The third kappa shape index (κ3) is 5.48. The average molecular weight is 409 g/mol. The van der Waals surface area contributed by atoms with Gasteiger partial charge in [-0.05, 0) is 31.5 Å².